The quantitative estimate of drug-likeness (QED) is 0.476. The van der Waals surface area contributed by atoms with Gasteiger partial charge in [0.15, 0.2) is 0 Å². The van der Waals surface area contributed by atoms with Gasteiger partial charge in [-0.15, -0.1) is 0 Å². The molecule has 0 unspecified atom stereocenters. The molecule has 0 amide bonds. The Labute approximate surface area is 86.7 Å². The van der Waals surface area contributed by atoms with Gasteiger partial charge in [-0.25, -0.2) is 0 Å². The molecule has 0 aliphatic heterocycles. The van der Waals surface area contributed by atoms with Crippen molar-refractivity contribution in [1.82, 2.24) is 5.32 Å². The molecule has 0 aromatic rings. The fourth-order valence-corrected chi connectivity index (χ4v) is 1.04. The van der Waals surface area contributed by atoms with E-state index < -0.39 is 0 Å². The second-order valence-electron chi connectivity index (χ2n) is 3.27. The van der Waals surface area contributed by atoms with Crippen LogP contribution in [0.1, 0.15) is 25.7 Å². The number of hydrogen-bond donors (Lipinski definition) is 3. The van der Waals surface area contributed by atoms with Crippen molar-refractivity contribution in [3.63, 3.8) is 0 Å². The zero-order valence-electron chi connectivity index (χ0n) is 9.09. The van der Waals surface area contributed by atoms with Gasteiger partial charge in [-0.3, -0.25) is 0 Å². The number of unbranched alkanes of at least 4 members (excludes halogenated alkanes) is 2. The predicted molar refractivity (Wildman–Crippen MR) is 59.7 cm³/mol. The third-order valence-corrected chi connectivity index (χ3v) is 1.91. The van der Waals surface area contributed by atoms with Crippen LogP contribution < -0.4 is 16.8 Å². The van der Waals surface area contributed by atoms with E-state index in [0.717, 1.165) is 38.0 Å². The van der Waals surface area contributed by atoms with Crippen molar-refractivity contribution in [3.05, 3.63) is 11.9 Å². The molecule has 0 aromatic heterocycles. The summed E-state index contributed by atoms with van der Waals surface area (Å²) in [4.78, 5) is 0. The van der Waals surface area contributed by atoms with Gasteiger partial charge in [0.05, 0.1) is 6.61 Å². The van der Waals surface area contributed by atoms with Crippen LogP contribution in [0.25, 0.3) is 0 Å². The van der Waals surface area contributed by atoms with Crippen LogP contribution in [0.4, 0.5) is 0 Å². The van der Waals surface area contributed by atoms with Gasteiger partial charge in [-0.05, 0) is 19.4 Å². The van der Waals surface area contributed by atoms with Crippen molar-refractivity contribution in [2.75, 3.05) is 26.8 Å². The lowest BCUT2D eigenvalue weighted by atomic mass is 10.2. The number of ether oxygens (including phenoxy) is 1. The van der Waals surface area contributed by atoms with Crippen molar-refractivity contribution in [2.45, 2.75) is 25.7 Å². The molecule has 14 heavy (non-hydrogen) atoms. The molecular formula is C10H23N3O. The van der Waals surface area contributed by atoms with Gasteiger partial charge in [0, 0.05) is 32.0 Å². The first-order chi connectivity index (χ1) is 6.81. The summed E-state index contributed by atoms with van der Waals surface area (Å²) >= 11 is 0. The number of rotatable bonds is 9. The second-order valence-corrected chi connectivity index (χ2v) is 3.27. The van der Waals surface area contributed by atoms with Gasteiger partial charge >= 0.3 is 0 Å². The molecule has 0 heterocycles. The minimum atomic E-state index is 0.678. The highest BCUT2D eigenvalue weighted by Gasteiger charge is 1.89. The summed E-state index contributed by atoms with van der Waals surface area (Å²) in [6, 6.07) is 0. The maximum Gasteiger partial charge on any atom is 0.0517 e. The molecule has 0 atom stereocenters. The van der Waals surface area contributed by atoms with E-state index in [4.69, 9.17) is 16.2 Å². The maximum absolute atomic E-state index is 5.70. The molecular weight excluding hydrogens is 178 g/mol. The van der Waals surface area contributed by atoms with Crippen LogP contribution in [-0.4, -0.2) is 26.8 Å². The number of nitrogens with two attached hydrogens (primary N) is 2. The van der Waals surface area contributed by atoms with Crippen LogP contribution in [-0.2, 0) is 4.74 Å². The Morgan fingerprint density at radius 2 is 2.14 bits per heavy atom. The highest BCUT2D eigenvalue weighted by molar-refractivity contribution is 4.94. The minimum Gasteiger partial charge on any atom is -0.401 e. The molecule has 0 aromatic carbocycles. The van der Waals surface area contributed by atoms with Crippen molar-refractivity contribution >= 4 is 0 Å². The summed E-state index contributed by atoms with van der Waals surface area (Å²) in [6.45, 7) is 2.43. The Balaban J connectivity index is 3.23. The fourth-order valence-electron chi connectivity index (χ4n) is 1.04. The Kier molecular flexibility index (Phi) is 9.79. The highest BCUT2D eigenvalue weighted by atomic mass is 16.5. The summed E-state index contributed by atoms with van der Waals surface area (Å²) < 4.78 is 4.91. The first-order valence-corrected chi connectivity index (χ1v) is 5.18. The first kappa shape index (κ1) is 13.3. The molecule has 4 nitrogen and oxygen atoms in total. The molecule has 0 bridgehead atoms. The molecule has 5 N–H and O–H groups in total. The second kappa shape index (κ2) is 10.3. The average molecular weight is 201 g/mol. The average Bonchev–Trinajstić information content (AvgIpc) is 2.20. The lowest BCUT2D eigenvalue weighted by Gasteiger charge is -2.03. The summed E-state index contributed by atoms with van der Waals surface area (Å²) in [5, 5.41) is 3.17. The molecule has 0 radical (unpaired) electrons. The van der Waals surface area contributed by atoms with E-state index in [0.29, 0.717) is 6.61 Å². The Morgan fingerprint density at radius 1 is 1.36 bits per heavy atom. The monoisotopic (exact) mass is 201 g/mol. The number of nitrogens with one attached hydrogen (secondary N) is 1. The largest absolute Gasteiger partial charge is 0.401 e. The lowest BCUT2D eigenvalue weighted by Crippen LogP contribution is -2.12. The Morgan fingerprint density at radius 3 is 2.79 bits per heavy atom. The van der Waals surface area contributed by atoms with Gasteiger partial charge in [-0.2, -0.15) is 0 Å². The molecule has 4 heteroatoms. The predicted octanol–water partition coefficient (Wildman–Crippen LogP) is 0.542. The zero-order chi connectivity index (χ0) is 10.6. The molecule has 0 aliphatic carbocycles. The smallest absolute Gasteiger partial charge is 0.0517 e. The van der Waals surface area contributed by atoms with E-state index in [9.17, 15) is 0 Å². The van der Waals surface area contributed by atoms with E-state index in [-0.39, 0.29) is 0 Å². The summed E-state index contributed by atoms with van der Waals surface area (Å²) in [7, 11) is 1.67. The van der Waals surface area contributed by atoms with Gasteiger partial charge in [0.2, 0.25) is 0 Å². The number of methoxy groups -OCH3 is 1. The van der Waals surface area contributed by atoms with E-state index in [2.05, 4.69) is 5.32 Å². The van der Waals surface area contributed by atoms with Crippen LogP contribution in [0.15, 0.2) is 11.9 Å². The first-order valence-electron chi connectivity index (χ1n) is 5.18. The summed E-state index contributed by atoms with van der Waals surface area (Å²) in [5.41, 5.74) is 11.9. The molecule has 0 saturated carbocycles. The topological polar surface area (TPSA) is 73.3 Å². The molecule has 0 saturated heterocycles. The maximum atomic E-state index is 5.70. The molecule has 0 aliphatic rings. The summed E-state index contributed by atoms with van der Waals surface area (Å²) in [5.74, 6) is 0. The summed E-state index contributed by atoms with van der Waals surface area (Å²) in [6.07, 6.45) is 6.07. The van der Waals surface area contributed by atoms with Crippen LogP contribution >= 0.6 is 0 Å². The van der Waals surface area contributed by atoms with Gasteiger partial charge in [0.1, 0.15) is 0 Å². The van der Waals surface area contributed by atoms with Crippen LogP contribution in [0.3, 0.4) is 0 Å². The van der Waals surface area contributed by atoms with Gasteiger partial charge in [-0.1, -0.05) is 6.42 Å². The van der Waals surface area contributed by atoms with Crippen molar-refractivity contribution < 1.29 is 4.74 Å². The van der Waals surface area contributed by atoms with E-state index in [1.54, 1.807) is 7.11 Å². The normalized spacial score (nSPS) is 11.7. The van der Waals surface area contributed by atoms with Crippen LogP contribution in [0.5, 0.6) is 0 Å². The van der Waals surface area contributed by atoms with E-state index in [1.165, 1.54) is 6.42 Å². The molecule has 0 fully saturated rings. The zero-order valence-corrected chi connectivity index (χ0v) is 9.09. The van der Waals surface area contributed by atoms with Gasteiger partial charge < -0.3 is 21.5 Å². The Hall–Kier alpha value is -0.740. The SMILES string of the molecule is COCC/C(N)=C/NCCCCCN. The Bertz CT molecular complexity index is 148. The molecule has 84 valence electrons. The van der Waals surface area contributed by atoms with Crippen LogP contribution in [0, 0.1) is 0 Å². The highest BCUT2D eigenvalue weighted by Crippen LogP contribution is 1.93. The number of hydrogen-bond acceptors (Lipinski definition) is 4. The van der Waals surface area contributed by atoms with Crippen molar-refractivity contribution in [2.24, 2.45) is 11.5 Å². The van der Waals surface area contributed by atoms with E-state index >= 15 is 0 Å². The van der Waals surface area contributed by atoms with E-state index in [1.807, 2.05) is 6.20 Å². The van der Waals surface area contributed by atoms with Gasteiger partial charge in [0.25, 0.3) is 0 Å². The van der Waals surface area contributed by atoms with Crippen LogP contribution in [0.2, 0.25) is 0 Å². The molecule has 0 spiro atoms. The standard InChI is InChI=1S/C10H23N3O/c1-14-8-5-10(12)9-13-7-4-2-3-6-11/h9,13H,2-8,11-12H2,1H3/b10-9-. The minimum absolute atomic E-state index is 0.678. The van der Waals surface area contributed by atoms with Crippen molar-refractivity contribution in [1.29, 1.82) is 0 Å². The third-order valence-electron chi connectivity index (χ3n) is 1.91. The third kappa shape index (κ3) is 9.35. The fraction of sp³-hybridized carbons (Fsp3) is 0.800. The molecule has 0 rings (SSSR count). The lowest BCUT2D eigenvalue weighted by molar-refractivity contribution is 0.201. The van der Waals surface area contributed by atoms with Crippen molar-refractivity contribution in [3.8, 4) is 0 Å².